The fraction of sp³-hybridized carbons (Fsp3) is 0.450. The highest BCUT2D eigenvalue weighted by molar-refractivity contribution is 5.81. The van der Waals surface area contributed by atoms with Crippen LogP contribution in [0.15, 0.2) is 54.0 Å². The molecule has 132 valence electrons. The molecule has 0 radical (unpaired) electrons. The average Bonchev–Trinajstić information content (AvgIpc) is 3.05. The standard InChI is InChI=1S/C20H27N5/c1-21-20-24(12-4-8-18-6-2-10-22-16-18)14-15-25(20)13-5-9-19-7-3-11-23-17-19/h2-3,6-7,10-11,16-17H,4-5,8-9,12-15H2,1H3. The van der Waals surface area contributed by atoms with E-state index in [2.05, 4.69) is 36.9 Å². The van der Waals surface area contributed by atoms with Crippen molar-refractivity contribution in [2.24, 2.45) is 4.99 Å². The Bertz CT molecular complexity index is 601. The van der Waals surface area contributed by atoms with E-state index in [-0.39, 0.29) is 0 Å². The van der Waals surface area contributed by atoms with Crippen molar-refractivity contribution in [2.75, 3.05) is 33.2 Å². The Morgan fingerprint density at radius 3 is 1.80 bits per heavy atom. The number of guanidine groups is 1. The molecule has 0 amide bonds. The molecule has 3 heterocycles. The summed E-state index contributed by atoms with van der Waals surface area (Å²) < 4.78 is 0. The molecule has 0 aromatic carbocycles. The van der Waals surface area contributed by atoms with E-state index < -0.39 is 0 Å². The van der Waals surface area contributed by atoms with Crippen LogP contribution in [-0.2, 0) is 12.8 Å². The number of aliphatic imine (C=N–C) groups is 1. The number of nitrogens with zero attached hydrogens (tertiary/aromatic N) is 5. The number of aromatic nitrogens is 2. The van der Waals surface area contributed by atoms with Gasteiger partial charge in [0.25, 0.3) is 0 Å². The summed E-state index contributed by atoms with van der Waals surface area (Å²) in [5, 5.41) is 0. The minimum absolute atomic E-state index is 1.06. The first-order chi connectivity index (χ1) is 12.4. The Morgan fingerprint density at radius 2 is 1.40 bits per heavy atom. The summed E-state index contributed by atoms with van der Waals surface area (Å²) in [6.45, 7) is 4.26. The van der Waals surface area contributed by atoms with Gasteiger partial charge in [0.05, 0.1) is 0 Å². The van der Waals surface area contributed by atoms with Crippen LogP contribution < -0.4 is 0 Å². The lowest BCUT2D eigenvalue weighted by Crippen LogP contribution is -2.35. The second-order valence-corrected chi connectivity index (χ2v) is 6.43. The zero-order chi connectivity index (χ0) is 17.3. The van der Waals surface area contributed by atoms with Gasteiger partial charge in [-0.3, -0.25) is 15.0 Å². The summed E-state index contributed by atoms with van der Waals surface area (Å²) >= 11 is 0. The molecule has 0 N–H and O–H groups in total. The summed E-state index contributed by atoms with van der Waals surface area (Å²) in [5.74, 6) is 1.15. The minimum Gasteiger partial charge on any atom is -0.341 e. The molecular weight excluding hydrogens is 310 g/mol. The molecule has 0 aliphatic carbocycles. The van der Waals surface area contributed by atoms with Gasteiger partial charge in [-0.1, -0.05) is 12.1 Å². The summed E-state index contributed by atoms with van der Waals surface area (Å²) in [7, 11) is 1.91. The molecule has 1 saturated heterocycles. The monoisotopic (exact) mass is 337 g/mol. The fourth-order valence-electron chi connectivity index (χ4n) is 3.39. The SMILES string of the molecule is CN=C1N(CCCc2cccnc2)CCN1CCCc1cccnc1. The van der Waals surface area contributed by atoms with Crippen LogP contribution in [0, 0.1) is 0 Å². The van der Waals surface area contributed by atoms with Crippen LogP contribution in [0.1, 0.15) is 24.0 Å². The Balaban J connectivity index is 1.42. The van der Waals surface area contributed by atoms with Gasteiger partial charge < -0.3 is 9.80 Å². The number of aryl methyl sites for hydroxylation is 2. The van der Waals surface area contributed by atoms with Crippen LogP contribution in [0.2, 0.25) is 0 Å². The highest BCUT2D eigenvalue weighted by Gasteiger charge is 2.24. The topological polar surface area (TPSA) is 44.6 Å². The smallest absolute Gasteiger partial charge is 0.196 e. The Labute approximate surface area is 150 Å². The molecule has 1 aliphatic rings. The lowest BCUT2D eigenvalue weighted by molar-refractivity contribution is 0.447. The third-order valence-electron chi connectivity index (χ3n) is 4.64. The molecular formula is C20H27N5. The Morgan fingerprint density at radius 1 is 0.880 bits per heavy atom. The van der Waals surface area contributed by atoms with Crippen LogP contribution in [0.3, 0.4) is 0 Å². The summed E-state index contributed by atoms with van der Waals surface area (Å²) in [4.78, 5) is 17.8. The fourth-order valence-corrected chi connectivity index (χ4v) is 3.39. The van der Waals surface area contributed by atoms with Gasteiger partial charge in [-0.2, -0.15) is 0 Å². The van der Waals surface area contributed by atoms with Gasteiger partial charge in [0.1, 0.15) is 0 Å². The molecule has 0 atom stereocenters. The van der Waals surface area contributed by atoms with Crippen molar-refractivity contribution in [1.82, 2.24) is 19.8 Å². The van der Waals surface area contributed by atoms with E-state index >= 15 is 0 Å². The number of hydrogen-bond acceptors (Lipinski definition) is 3. The highest BCUT2D eigenvalue weighted by Crippen LogP contribution is 2.12. The molecule has 0 unspecified atom stereocenters. The average molecular weight is 337 g/mol. The van der Waals surface area contributed by atoms with E-state index in [4.69, 9.17) is 0 Å². The van der Waals surface area contributed by atoms with Crippen LogP contribution in [0.25, 0.3) is 0 Å². The molecule has 1 aliphatic heterocycles. The maximum atomic E-state index is 4.55. The number of pyridine rings is 2. The second kappa shape index (κ2) is 9.16. The van der Waals surface area contributed by atoms with Gasteiger partial charge in [-0.05, 0) is 48.9 Å². The number of rotatable bonds is 8. The van der Waals surface area contributed by atoms with Crippen molar-refractivity contribution < 1.29 is 0 Å². The summed E-state index contributed by atoms with van der Waals surface area (Å²) in [6, 6.07) is 8.31. The third-order valence-corrected chi connectivity index (χ3v) is 4.64. The molecule has 2 aromatic heterocycles. The molecule has 1 fully saturated rings. The van der Waals surface area contributed by atoms with Crippen molar-refractivity contribution in [3.8, 4) is 0 Å². The first-order valence-corrected chi connectivity index (χ1v) is 9.11. The molecule has 0 bridgehead atoms. The van der Waals surface area contributed by atoms with Crippen molar-refractivity contribution in [3.05, 3.63) is 60.2 Å². The normalized spacial score (nSPS) is 14.2. The maximum absolute atomic E-state index is 4.55. The molecule has 0 saturated carbocycles. The largest absolute Gasteiger partial charge is 0.341 e. The predicted octanol–water partition coefficient (Wildman–Crippen LogP) is 2.65. The van der Waals surface area contributed by atoms with Crippen LogP contribution in [0.5, 0.6) is 0 Å². The molecule has 5 nitrogen and oxygen atoms in total. The minimum atomic E-state index is 1.06. The van der Waals surface area contributed by atoms with Gasteiger partial charge in [0.2, 0.25) is 0 Å². The van der Waals surface area contributed by atoms with E-state index in [1.165, 1.54) is 11.1 Å². The van der Waals surface area contributed by atoms with E-state index in [1.54, 1.807) is 0 Å². The Kier molecular flexibility index (Phi) is 6.37. The zero-order valence-corrected chi connectivity index (χ0v) is 15.0. The molecule has 25 heavy (non-hydrogen) atoms. The van der Waals surface area contributed by atoms with E-state index in [9.17, 15) is 0 Å². The first kappa shape index (κ1) is 17.4. The van der Waals surface area contributed by atoms with Crippen LogP contribution in [-0.4, -0.2) is 59.0 Å². The van der Waals surface area contributed by atoms with Gasteiger partial charge in [-0.15, -0.1) is 0 Å². The van der Waals surface area contributed by atoms with Crippen molar-refractivity contribution >= 4 is 5.96 Å². The number of hydrogen-bond donors (Lipinski definition) is 0. The molecule has 3 rings (SSSR count). The first-order valence-electron chi connectivity index (χ1n) is 9.11. The van der Waals surface area contributed by atoms with E-state index in [0.717, 1.165) is 57.8 Å². The maximum Gasteiger partial charge on any atom is 0.196 e. The predicted molar refractivity (Wildman–Crippen MR) is 102 cm³/mol. The third kappa shape index (κ3) is 5.02. The van der Waals surface area contributed by atoms with Gasteiger partial charge in [0.15, 0.2) is 5.96 Å². The van der Waals surface area contributed by atoms with Crippen LogP contribution >= 0.6 is 0 Å². The Hall–Kier alpha value is -2.43. The highest BCUT2D eigenvalue weighted by atomic mass is 15.4. The second-order valence-electron chi connectivity index (χ2n) is 6.43. The van der Waals surface area contributed by atoms with E-state index in [0.29, 0.717) is 0 Å². The van der Waals surface area contributed by atoms with Crippen molar-refractivity contribution in [3.63, 3.8) is 0 Å². The molecule has 2 aromatic rings. The summed E-state index contributed by atoms with van der Waals surface area (Å²) in [6.07, 6.45) is 12.0. The molecule has 0 spiro atoms. The lowest BCUT2D eigenvalue weighted by Gasteiger charge is -2.23. The zero-order valence-electron chi connectivity index (χ0n) is 15.0. The summed E-state index contributed by atoms with van der Waals surface area (Å²) in [5.41, 5.74) is 2.62. The molecule has 5 heteroatoms. The van der Waals surface area contributed by atoms with Gasteiger partial charge in [-0.25, -0.2) is 0 Å². The van der Waals surface area contributed by atoms with Crippen molar-refractivity contribution in [1.29, 1.82) is 0 Å². The van der Waals surface area contributed by atoms with Crippen molar-refractivity contribution in [2.45, 2.75) is 25.7 Å². The lowest BCUT2D eigenvalue weighted by atomic mass is 10.1. The quantitative estimate of drug-likeness (QED) is 0.743. The van der Waals surface area contributed by atoms with Crippen LogP contribution in [0.4, 0.5) is 0 Å². The van der Waals surface area contributed by atoms with Gasteiger partial charge >= 0.3 is 0 Å². The van der Waals surface area contributed by atoms with Gasteiger partial charge in [0, 0.05) is 58.0 Å². The van der Waals surface area contributed by atoms with E-state index in [1.807, 2.05) is 44.0 Å².